The second-order valence-corrected chi connectivity index (χ2v) is 8.23. The van der Waals surface area contributed by atoms with Gasteiger partial charge in [0.15, 0.2) is 5.76 Å². The number of anilines is 1. The smallest absolute Gasteiger partial charge is 0.266 e. The zero-order chi connectivity index (χ0) is 22.9. The summed E-state index contributed by atoms with van der Waals surface area (Å²) in [5, 5.41) is 9.57. The third kappa shape index (κ3) is 3.62. The Morgan fingerprint density at radius 2 is 1.74 bits per heavy atom. The summed E-state index contributed by atoms with van der Waals surface area (Å²) < 4.78 is 13.5. The average Bonchev–Trinajstić information content (AvgIpc) is 3.64. The highest BCUT2D eigenvalue weighted by molar-refractivity contribution is 5.66. The van der Waals surface area contributed by atoms with Crippen LogP contribution < -0.4 is 4.90 Å². The first-order valence-electron chi connectivity index (χ1n) is 11.2. The molecule has 1 aromatic carbocycles. The molecule has 0 radical (unpaired) electrons. The number of furan rings is 1. The van der Waals surface area contributed by atoms with Gasteiger partial charge in [-0.3, -0.25) is 4.90 Å². The van der Waals surface area contributed by atoms with Gasteiger partial charge in [-0.05, 0) is 24.3 Å². The van der Waals surface area contributed by atoms with E-state index in [9.17, 15) is 5.26 Å². The molecule has 1 saturated heterocycles. The fourth-order valence-electron chi connectivity index (χ4n) is 4.45. The minimum Gasteiger partial charge on any atom is -0.459 e. The van der Waals surface area contributed by atoms with Crippen LogP contribution in [0, 0.1) is 11.3 Å². The van der Waals surface area contributed by atoms with E-state index in [-0.39, 0.29) is 5.69 Å². The Labute approximate surface area is 196 Å². The van der Waals surface area contributed by atoms with Crippen molar-refractivity contribution < 1.29 is 8.83 Å². The summed E-state index contributed by atoms with van der Waals surface area (Å²) in [6, 6.07) is 22.1. The van der Waals surface area contributed by atoms with Crippen LogP contribution in [0.25, 0.3) is 28.6 Å². The number of benzene rings is 1. The maximum absolute atomic E-state index is 9.57. The Bertz CT molecular complexity index is 1450. The molecular weight excluding hydrogens is 428 g/mol. The van der Waals surface area contributed by atoms with Crippen LogP contribution in [-0.4, -0.2) is 45.4 Å². The fraction of sp³-hybridized carbons (Fsp3) is 0.192. The topological polar surface area (TPSA) is 86.7 Å². The van der Waals surface area contributed by atoms with Gasteiger partial charge in [0, 0.05) is 44.5 Å². The van der Waals surface area contributed by atoms with Crippen LogP contribution in [-0.2, 0) is 6.54 Å². The number of imidazole rings is 1. The molecule has 1 aliphatic heterocycles. The molecule has 0 bridgehead atoms. The van der Waals surface area contributed by atoms with Crippen LogP contribution in [0.2, 0.25) is 0 Å². The van der Waals surface area contributed by atoms with E-state index in [0.29, 0.717) is 17.5 Å². The first-order chi connectivity index (χ1) is 16.8. The van der Waals surface area contributed by atoms with Crippen molar-refractivity contribution in [1.82, 2.24) is 19.3 Å². The number of nitriles is 1. The molecule has 1 aliphatic rings. The van der Waals surface area contributed by atoms with Crippen molar-refractivity contribution in [3.8, 4) is 29.0 Å². The Morgan fingerprint density at radius 1 is 0.912 bits per heavy atom. The van der Waals surface area contributed by atoms with Gasteiger partial charge in [0.1, 0.15) is 11.7 Å². The first-order valence-corrected chi connectivity index (χ1v) is 11.2. The van der Waals surface area contributed by atoms with E-state index in [4.69, 9.17) is 13.8 Å². The van der Waals surface area contributed by atoms with Gasteiger partial charge in [-0.2, -0.15) is 10.2 Å². The van der Waals surface area contributed by atoms with Crippen LogP contribution in [0.15, 0.2) is 82.0 Å². The van der Waals surface area contributed by atoms with Crippen molar-refractivity contribution in [2.24, 2.45) is 0 Å². The molecule has 1 fully saturated rings. The third-order valence-corrected chi connectivity index (χ3v) is 6.16. The van der Waals surface area contributed by atoms with Crippen LogP contribution in [0.5, 0.6) is 0 Å². The summed E-state index contributed by atoms with van der Waals surface area (Å²) in [5.74, 6) is 1.35. The molecule has 5 heterocycles. The van der Waals surface area contributed by atoms with Gasteiger partial charge in [-0.1, -0.05) is 36.4 Å². The molecule has 168 valence electrons. The van der Waals surface area contributed by atoms with Gasteiger partial charge < -0.3 is 18.1 Å². The monoisotopic (exact) mass is 450 g/mol. The largest absolute Gasteiger partial charge is 0.459 e. The van der Waals surface area contributed by atoms with Gasteiger partial charge in [-0.25, -0.2) is 4.98 Å². The predicted molar refractivity (Wildman–Crippen MR) is 127 cm³/mol. The Balaban J connectivity index is 1.23. The highest BCUT2D eigenvalue weighted by Crippen LogP contribution is 2.30. The van der Waals surface area contributed by atoms with Crippen LogP contribution in [0.4, 0.5) is 5.88 Å². The summed E-state index contributed by atoms with van der Waals surface area (Å²) >= 11 is 0. The molecule has 0 saturated carbocycles. The molecule has 0 aliphatic carbocycles. The normalized spacial score (nSPS) is 14.5. The standard InChI is InChI=1S/C26H22N6O2/c27-17-20-26(34-25(28-20)22-9-6-16-33-22)31-14-12-30(13-15-31)18-21-24(19-7-2-1-3-8-19)29-23-10-4-5-11-32(21)23/h1-11,16H,12-15,18H2. The zero-order valence-electron chi connectivity index (χ0n) is 18.5. The molecule has 0 amide bonds. The van der Waals surface area contributed by atoms with Gasteiger partial charge in [0.25, 0.3) is 5.89 Å². The number of pyridine rings is 1. The second-order valence-electron chi connectivity index (χ2n) is 8.23. The number of piperazine rings is 1. The van der Waals surface area contributed by atoms with E-state index in [2.05, 4.69) is 43.6 Å². The van der Waals surface area contributed by atoms with E-state index >= 15 is 0 Å². The molecule has 0 unspecified atom stereocenters. The lowest BCUT2D eigenvalue weighted by molar-refractivity contribution is 0.243. The lowest BCUT2D eigenvalue weighted by atomic mass is 10.1. The highest BCUT2D eigenvalue weighted by atomic mass is 16.4. The van der Waals surface area contributed by atoms with Crippen LogP contribution >= 0.6 is 0 Å². The van der Waals surface area contributed by atoms with Crippen LogP contribution in [0.1, 0.15) is 11.4 Å². The number of fused-ring (bicyclic) bond motifs is 1. The van der Waals surface area contributed by atoms with Gasteiger partial charge in [-0.15, -0.1) is 0 Å². The van der Waals surface area contributed by atoms with E-state index in [1.165, 1.54) is 5.69 Å². The van der Waals surface area contributed by atoms with Crippen molar-refractivity contribution in [3.05, 3.63) is 84.5 Å². The summed E-state index contributed by atoms with van der Waals surface area (Å²) in [7, 11) is 0. The quantitative estimate of drug-likeness (QED) is 0.391. The number of nitrogens with zero attached hydrogens (tertiary/aromatic N) is 6. The van der Waals surface area contributed by atoms with E-state index in [1.54, 1.807) is 18.4 Å². The molecule has 0 atom stereocenters. The number of aromatic nitrogens is 3. The molecule has 0 spiro atoms. The van der Waals surface area contributed by atoms with Crippen molar-refractivity contribution >= 4 is 11.5 Å². The maximum atomic E-state index is 9.57. The Morgan fingerprint density at radius 3 is 2.50 bits per heavy atom. The predicted octanol–water partition coefficient (Wildman–Crippen LogP) is 4.44. The van der Waals surface area contributed by atoms with Crippen LogP contribution in [0.3, 0.4) is 0 Å². The first kappa shape index (κ1) is 20.3. The molecule has 8 heteroatoms. The van der Waals surface area contributed by atoms with Crippen molar-refractivity contribution in [3.63, 3.8) is 0 Å². The second kappa shape index (κ2) is 8.54. The number of hydrogen-bond donors (Lipinski definition) is 0. The van der Waals surface area contributed by atoms with Gasteiger partial charge >= 0.3 is 0 Å². The minimum absolute atomic E-state index is 0.285. The number of oxazole rings is 1. The lowest BCUT2D eigenvalue weighted by Gasteiger charge is -2.34. The van der Waals surface area contributed by atoms with E-state index in [0.717, 1.165) is 49.6 Å². The Hall–Kier alpha value is -4.35. The molecule has 34 heavy (non-hydrogen) atoms. The van der Waals surface area contributed by atoms with Crippen molar-refractivity contribution in [1.29, 1.82) is 5.26 Å². The average molecular weight is 451 g/mol. The summed E-state index contributed by atoms with van der Waals surface area (Å²) in [6.45, 7) is 3.91. The Kier molecular flexibility index (Phi) is 5.09. The molecular formula is C26H22N6O2. The molecule has 4 aromatic heterocycles. The summed E-state index contributed by atoms with van der Waals surface area (Å²) in [6.07, 6.45) is 3.64. The third-order valence-electron chi connectivity index (χ3n) is 6.16. The molecule has 8 nitrogen and oxygen atoms in total. The summed E-state index contributed by atoms with van der Waals surface area (Å²) in [4.78, 5) is 13.7. The molecule has 0 N–H and O–H groups in total. The number of hydrogen-bond acceptors (Lipinski definition) is 7. The van der Waals surface area contributed by atoms with Gasteiger partial charge in [0.2, 0.25) is 11.6 Å². The number of rotatable bonds is 5. The molecule has 5 aromatic rings. The highest BCUT2D eigenvalue weighted by Gasteiger charge is 2.26. The van der Waals surface area contributed by atoms with E-state index < -0.39 is 0 Å². The fourth-order valence-corrected chi connectivity index (χ4v) is 4.45. The zero-order valence-corrected chi connectivity index (χ0v) is 18.5. The van der Waals surface area contributed by atoms with E-state index in [1.807, 2.05) is 36.4 Å². The lowest BCUT2D eigenvalue weighted by Crippen LogP contribution is -2.46. The van der Waals surface area contributed by atoms with Crippen molar-refractivity contribution in [2.45, 2.75) is 6.54 Å². The maximum Gasteiger partial charge on any atom is 0.266 e. The van der Waals surface area contributed by atoms with Crippen molar-refractivity contribution in [2.75, 3.05) is 31.1 Å². The minimum atomic E-state index is 0.285. The molecule has 6 rings (SSSR count). The SMILES string of the molecule is N#Cc1nc(-c2ccco2)oc1N1CCN(Cc2c(-c3ccccc3)nc3ccccn23)CC1. The summed E-state index contributed by atoms with van der Waals surface area (Å²) in [5.41, 5.74) is 4.53. The van der Waals surface area contributed by atoms with Gasteiger partial charge in [0.05, 0.1) is 17.7 Å².